The van der Waals surface area contributed by atoms with Crippen LogP contribution in [0.1, 0.15) is 78.6 Å². The van der Waals surface area contributed by atoms with E-state index in [1.54, 1.807) is 0 Å². The number of rotatable bonds is 1. The van der Waals surface area contributed by atoms with E-state index in [0.717, 1.165) is 38.5 Å². The van der Waals surface area contributed by atoms with E-state index in [0.29, 0.717) is 18.3 Å². The summed E-state index contributed by atoms with van der Waals surface area (Å²) in [5.74, 6) is 1.15. The molecule has 0 radical (unpaired) electrons. The Morgan fingerprint density at radius 2 is 1.80 bits per heavy atom. The number of hydrogen-bond donors (Lipinski definition) is 1. The molecule has 4 rings (SSSR count). The lowest BCUT2D eigenvalue weighted by molar-refractivity contribution is -0.196. The fraction of sp³-hybridized carbons (Fsp3) is 0.905. The van der Waals surface area contributed by atoms with Gasteiger partial charge in [0, 0.05) is 12.0 Å². The molecule has 0 aromatic rings. The van der Waals surface area contributed by atoms with Gasteiger partial charge in [-0.3, -0.25) is 9.59 Å². The quantitative estimate of drug-likeness (QED) is 0.734. The second-order valence-corrected chi connectivity index (χ2v) is 10.3. The van der Waals surface area contributed by atoms with Crippen LogP contribution in [0.15, 0.2) is 0 Å². The van der Waals surface area contributed by atoms with Gasteiger partial charge < -0.3 is 10.1 Å². The zero-order valence-corrected chi connectivity index (χ0v) is 16.2. The molecule has 1 spiro atoms. The topological polar surface area (TPSA) is 55.4 Å². The number of hydrogen-bond acceptors (Lipinski definition) is 3. The van der Waals surface area contributed by atoms with E-state index in [1.165, 1.54) is 20.0 Å². The fourth-order valence-electron chi connectivity index (χ4n) is 8.02. The van der Waals surface area contributed by atoms with Gasteiger partial charge in [0.1, 0.15) is 0 Å². The molecular weight excluding hydrogens is 314 g/mol. The Kier molecular flexibility index (Phi) is 3.63. The highest BCUT2D eigenvalue weighted by Gasteiger charge is 2.66. The summed E-state index contributed by atoms with van der Waals surface area (Å²) in [6, 6.07) is 0. The van der Waals surface area contributed by atoms with Gasteiger partial charge in [0.15, 0.2) is 0 Å². The van der Waals surface area contributed by atoms with E-state index >= 15 is 0 Å². The number of nitrogens with one attached hydrogen (secondary N) is 1. The summed E-state index contributed by atoms with van der Waals surface area (Å²) >= 11 is 0. The summed E-state index contributed by atoms with van der Waals surface area (Å²) in [7, 11) is 1.53. The molecule has 1 aliphatic heterocycles. The van der Waals surface area contributed by atoms with Gasteiger partial charge in [-0.05, 0) is 81.5 Å². The summed E-state index contributed by atoms with van der Waals surface area (Å²) in [5.41, 5.74) is -0.0796. The molecule has 4 fully saturated rings. The number of esters is 1. The first-order chi connectivity index (χ1) is 11.7. The molecule has 2 unspecified atom stereocenters. The van der Waals surface area contributed by atoms with Crippen LogP contribution in [0.2, 0.25) is 0 Å². The van der Waals surface area contributed by atoms with Gasteiger partial charge in [0.25, 0.3) is 0 Å². The van der Waals surface area contributed by atoms with Crippen LogP contribution >= 0.6 is 0 Å². The summed E-state index contributed by atoms with van der Waals surface area (Å²) in [4.78, 5) is 25.2. The number of fused-ring (bicyclic) bond motifs is 3. The van der Waals surface area contributed by atoms with Crippen LogP contribution in [0.25, 0.3) is 0 Å². The molecule has 140 valence electrons. The first-order valence-electron chi connectivity index (χ1n) is 10.1. The van der Waals surface area contributed by atoms with Crippen LogP contribution in [-0.4, -0.2) is 24.5 Å². The van der Waals surface area contributed by atoms with Gasteiger partial charge in [-0.2, -0.15) is 0 Å². The minimum absolute atomic E-state index is 0.0185. The zero-order chi connectivity index (χ0) is 18.1. The Balaban J connectivity index is 1.74. The lowest BCUT2D eigenvalue weighted by Gasteiger charge is -2.67. The number of methoxy groups -OCH3 is 1. The Labute approximate surface area is 151 Å². The van der Waals surface area contributed by atoms with Gasteiger partial charge in [-0.1, -0.05) is 13.3 Å². The average Bonchev–Trinajstić information content (AvgIpc) is 2.51. The molecule has 25 heavy (non-hydrogen) atoms. The first-order valence-corrected chi connectivity index (χ1v) is 10.1. The van der Waals surface area contributed by atoms with E-state index in [4.69, 9.17) is 4.74 Å². The predicted octanol–water partition coefficient (Wildman–Crippen LogP) is 3.83. The highest BCUT2D eigenvalue weighted by Crippen LogP contribution is 2.70. The van der Waals surface area contributed by atoms with E-state index in [2.05, 4.69) is 26.1 Å². The van der Waals surface area contributed by atoms with Crippen LogP contribution in [0, 0.1) is 28.1 Å². The first kappa shape index (κ1) is 17.4. The molecule has 4 nitrogen and oxygen atoms in total. The molecule has 1 heterocycles. The largest absolute Gasteiger partial charge is 0.469 e. The summed E-state index contributed by atoms with van der Waals surface area (Å²) in [6.07, 6.45) is 9.43. The summed E-state index contributed by atoms with van der Waals surface area (Å²) < 4.78 is 5.23. The molecule has 4 heteroatoms. The minimum Gasteiger partial charge on any atom is -0.469 e. The van der Waals surface area contributed by atoms with Crippen molar-refractivity contribution in [2.45, 2.75) is 84.1 Å². The third kappa shape index (κ3) is 2.24. The van der Waals surface area contributed by atoms with Crippen LogP contribution < -0.4 is 5.32 Å². The third-order valence-electron chi connectivity index (χ3n) is 8.78. The van der Waals surface area contributed by atoms with Crippen molar-refractivity contribution in [3.63, 3.8) is 0 Å². The van der Waals surface area contributed by atoms with Crippen molar-refractivity contribution in [3.05, 3.63) is 0 Å². The van der Waals surface area contributed by atoms with Crippen LogP contribution in [0.3, 0.4) is 0 Å². The molecule has 0 aromatic carbocycles. The average molecular weight is 347 g/mol. The van der Waals surface area contributed by atoms with Gasteiger partial charge in [-0.25, -0.2) is 0 Å². The van der Waals surface area contributed by atoms with Crippen molar-refractivity contribution in [1.82, 2.24) is 5.32 Å². The zero-order valence-electron chi connectivity index (χ0n) is 16.2. The summed E-state index contributed by atoms with van der Waals surface area (Å²) in [5, 5.41) is 3.27. The van der Waals surface area contributed by atoms with Gasteiger partial charge >= 0.3 is 5.97 Å². The maximum atomic E-state index is 12.7. The number of piperidine rings is 1. The molecule has 3 aliphatic carbocycles. The highest BCUT2D eigenvalue weighted by molar-refractivity contribution is 5.79. The van der Waals surface area contributed by atoms with Crippen molar-refractivity contribution in [1.29, 1.82) is 0 Å². The van der Waals surface area contributed by atoms with Crippen molar-refractivity contribution < 1.29 is 14.3 Å². The standard InChI is InChI=1S/C21H33NO3/c1-18-10-6-15-19(2)8-5-9-20(3,17(24)25-4)14(19)7-11-21(15,13-18)12-16(23)22-18/h14-15H,5-13H2,1-4H3,(H,22,23)/t14?,15?,18-,19+,20+,21-/m0/s1. The maximum absolute atomic E-state index is 12.7. The Bertz CT molecular complexity index is 618. The number of amides is 1. The molecule has 1 saturated heterocycles. The molecule has 4 aliphatic rings. The number of carbonyl (C=O) groups is 2. The van der Waals surface area contributed by atoms with E-state index in [-0.39, 0.29) is 33.7 Å². The normalized spacial score (nSPS) is 51.8. The number of carbonyl (C=O) groups excluding carboxylic acids is 2. The Hall–Kier alpha value is -1.06. The van der Waals surface area contributed by atoms with E-state index < -0.39 is 0 Å². The minimum atomic E-state index is -0.360. The van der Waals surface area contributed by atoms with Gasteiger partial charge in [0.05, 0.1) is 12.5 Å². The monoisotopic (exact) mass is 347 g/mol. The fourth-order valence-corrected chi connectivity index (χ4v) is 8.02. The Morgan fingerprint density at radius 1 is 1.08 bits per heavy atom. The molecule has 2 bridgehead atoms. The number of ether oxygens (including phenoxy) is 1. The highest BCUT2D eigenvalue weighted by atomic mass is 16.5. The smallest absolute Gasteiger partial charge is 0.311 e. The molecule has 1 amide bonds. The molecule has 0 aromatic heterocycles. The second kappa shape index (κ2) is 5.23. The van der Waals surface area contributed by atoms with E-state index in [1.807, 2.05) is 0 Å². The van der Waals surface area contributed by atoms with Crippen molar-refractivity contribution in [2.24, 2.45) is 28.1 Å². The SMILES string of the molecule is COC(=O)[C@]1(C)CCC[C@@]2(C)C3CC[C@@]4(C)C[C@]3(CCC21)CC(=O)N4. The van der Waals surface area contributed by atoms with Crippen LogP contribution in [0.4, 0.5) is 0 Å². The molecule has 1 N–H and O–H groups in total. The second-order valence-electron chi connectivity index (χ2n) is 10.3. The van der Waals surface area contributed by atoms with Crippen LogP contribution in [-0.2, 0) is 14.3 Å². The maximum Gasteiger partial charge on any atom is 0.311 e. The third-order valence-corrected chi connectivity index (χ3v) is 8.78. The van der Waals surface area contributed by atoms with Crippen molar-refractivity contribution >= 4 is 11.9 Å². The Morgan fingerprint density at radius 3 is 2.52 bits per heavy atom. The molecule has 6 atom stereocenters. The van der Waals surface area contributed by atoms with E-state index in [9.17, 15) is 9.59 Å². The van der Waals surface area contributed by atoms with Crippen LogP contribution in [0.5, 0.6) is 0 Å². The van der Waals surface area contributed by atoms with Crippen molar-refractivity contribution in [2.75, 3.05) is 7.11 Å². The predicted molar refractivity (Wildman–Crippen MR) is 95.7 cm³/mol. The molecular formula is C21H33NO3. The van der Waals surface area contributed by atoms with Gasteiger partial charge in [0.2, 0.25) is 5.91 Å². The van der Waals surface area contributed by atoms with Crippen molar-refractivity contribution in [3.8, 4) is 0 Å². The lowest BCUT2D eigenvalue weighted by atomic mass is 9.38. The summed E-state index contributed by atoms with van der Waals surface area (Å²) in [6.45, 7) is 6.80. The van der Waals surface area contributed by atoms with Gasteiger partial charge in [-0.15, -0.1) is 0 Å². The molecule has 3 saturated carbocycles. The lowest BCUT2D eigenvalue weighted by Crippen LogP contribution is -2.67.